The lowest BCUT2D eigenvalue weighted by Gasteiger charge is -2.10. The zero-order chi connectivity index (χ0) is 14.9. The first-order chi connectivity index (χ1) is 9.29. The Morgan fingerprint density at radius 3 is 2.60 bits per heavy atom. The molecule has 2 rings (SSSR count). The Bertz CT molecular complexity index is 659. The molecule has 0 saturated carbocycles. The monoisotopic (exact) mass is 288 g/mol. The lowest BCUT2D eigenvalue weighted by Crippen LogP contribution is -2.27. The number of alkyl halides is 3. The molecule has 7 nitrogen and oxygen atoms in total. The van der Waals surface area contributed by atoms with E-state index in [0.717, 1.165) is 6.07 Å². The first kappa shape index (κ1) is 14.2. The molecule has 0 bridgehead atoms. The highest BCUT2D eigenvalue weighted by molar-refractivity contribution is 5.04. The molecule has 2 aromatic heterocycles. The Balaban J connectivity index is 2.38. The van der Waals surface area contributed by atoms with Gasteiger partial charge in [-0.05, 0) is 30.3 Å². The van der Waals surface area contributed by atoms with Crippen LogP contribution in [0, 0.1) is 0 Å². The third-order valence-corrected chi connectivity index (χ3v) is 2.50. The predicted octanol–water partition coefficient (Wildman–Crippen LogP) is 0.878. The van der Waals surface area contributed by atoms with Gasteiger partial charge in [0.15, 0.2) is 11.5 Å². The van der Waals surface area contributed by atoms with Crippen molar-refractivity contribution in [1.29, 1.82) is 0 Å². The van der Waals surface area contributed by atoms with Crippen LogP contribution in [0.2, 0.25) is 0 Å². The van der Waals surface area contributed by atoms with Gasteiger partial charge in [0.05, 0.1) is 6.04 Å². The van der Waals surface area contributed by atoms with Crippen molar-refractivity contribution in [3.63, 3.8) is 0 Å². The van der Waals surface area contributed by atoms with E-state index >= 15 is 0 Å². The van der Waals surface area contributed by atoms with Gasteiger partial charge in [0.1, 0.15) is 6.54 Å². The molecule has 0 atom stereocenters. The zero-order valence-electron chi connectivity index (χ0n) is 10.7. The van der Waals surface area contributed by atoms with E-state index < -0.39 is 17.4 Å². The van der Waals surface area contributed by atoms with Gasteiger partial charge in [-0.15, -0.1) is 5.10 Å². The highest BCUT2D eigenvalue weighted by Crippen LogP contribution is 2.26. The van der Waals surface area contributed by atoms with Gasteiger partial charge in [-0.1, -0.05) is 0 Å². The van der Waals surface area contributed by atoms with E-state index in [2.05, 4.69) is 20.6 Å². The zero-order valence-corrected chi connectivity index (χ0v) is 10.7. The number of nitrogens with zero attached hydrogens (tertiary/aromatic N) is 6. The summed E-state index contributed by atoms with van der Waals surface area (Å²) < 4.78 is 39.8. The molecule has 0 spiro atoms. The number of hydrogen-bond acceptors (Lipinski definition) is 5. The van der Waals surface area contributed by atoms with E-state index in [0.29, 0.717) is 10.7 Å². The summed E-state index contributed by atoms with van der Waals surface area (Å²) in [4.78, 5) is 11.6. The summed E-state index contributed by atoms with van der Waals surface area (Å²) in [6.45, 7) is 3.39. The van der Waals surface area contributed by atoms with Gasteiger partial charge in [0, 0.05) is 6.07 Å². The molecule has 0 aliphatic rings. The summed E-state index contributed by atoms with van der Waals surface area (Å²) in [7, 11) is 0. The SMILES string of the molecule is CC(C)n1nnnc1Cn1nc(C(F)(F)F)ccc1=O. The first-order valence-electron chi connectivity index (χ1n) is 5.71. The maximum absolute atomic E-state index is 12.6. The van der Waals surface area contributed by atoms with Crippen LogP contribution in [0.25, 0.3) is 0 Å². The molecule has 2 aromatic rings. The third kappa shape index (κ3) is 2.83. The Labute approximate surface area is 111 Å². The molecule has 0 unspecified atom stereocenters. The average molecular weight is 288 g/mol. The minimum atomic E-state index is -4.61. The van der Waals surface area contributed by atoms with Crippen LogP contribution in [0.15, 0.2) is 16.9 Å². The Kier molecular flexibility index (Phi) is 3.55. The number of rotatable bonds is 3. The second-order valence-corrected chi connectivity index (χ2v) is 4.35. The standard InChI is InChI=1S/C10H11F3N6O/c1-6(2)19-8(14-16-17-19)5-18-9(20)4-3-7(15-18)10(11,12)13/h3-4,6H,5H2,1-2H3. The number of tetrazole rings is 1. The molecule has 2 heterocycles. The van der Waals surface area contributed by atoms with Crippen LogP contribution in [0.1, 0.15) is 31.4 Å². The fourth-order valence-electron chi connectivity index (χ4n) is 1.56. The van der Waals surface area contributed by atoms with E-state index in [1.807, 2.05) is 13.8 Å². The van der Waals surface area contributed by atoms with Crippen LogP contribution in [0.4, 0.5) is 13.2 Å². The molecule has 0 radical (unpaired) electrons. The molecule has 0 aromatic carbocycles. The molecule has 0 N–H and O–H groups in total. The van der Waals surface area contributed by atoms with Crippen molar-refractivity contribution in [2.24, 2.45) is 0 Å². The number of aromatic nitrogens is 6. The summed E-state index contributed by atoms with van der Waals surface area (Å²) in [6, 6.07) is 1.38. The molecule has 20 heavy (non-hydrogen) atoms. The van der Waals surface area contributed by atoms with Crippen molar-refractivity contribution in [3.05, 3.63) is 34.0 Å². The van der Waals surface area contributed by atoms with Gasteiger partial charge in [-0.3, -0.25) is 4.79 Å². The van der Waals surface area contributed by atoms with Crippen LogP contribution in [-0.2, 0) is 12.7 Å². The molecule has 0 aliphatic heterocycles. The lowest BCUT2D eigenvalue weighted by atomic mass is 10.4. The van der Waals surface area contributed by atoms with Crippen molar-refractivity contribution in [3.8, 4) is 0 Å². The summed E-state index contributed by atoms with van der Waals surface area (Å²) in [5, 5.41) is 14.1. The van der Waals surface area contributed by atoms with E-state index in [4.69, 9.17) is 0 Å². The summed E-state index contributed by atoms with van der Waals surface area (Å²) in [5.74, 6) is 0.258. The van der Waals surface area contributed by atoms with Crippen molar-refractivity contribution in [2.75, 3.05) is 0 Å². The summed E-state index contributed by atoms with van der Waals surface area (Å²) >= 11 is 0. The Hall–Kier alpha value is -2.26. The normalized spacial score (nSPS) is 12.1. The second-order valence-electron chi connectivity index (χ2n) is 4.35. The van der Waals surface area contributed by atoms with E-state index in [1.165, 1.54) is 4.68 Å². The van der Waals surface area contributed by atoms with E-state index in [9.17, 15) is 18.0 Å². The minimum absolute atomic E-state index is 0.0819. The van der Waals surface area contributed by atoms with E-state index in [-0.39, 0.29) is 18.4 Å². The van der Waals surface area contributed by atoms with Gasteiger partial charge in [-0.25, -0.2) is 9.36 Å². The smallest absolute Gasteiger partial charge is 0.268 e. The van der Waals surface area contributed by atoms with Gasteiger partial charge in [-0.2, -0.15) is 18.3 Å². The highest BCUT2D eigenvalue weighted by atomic mass is 19.4. The van der Waals surface area contributed by atoms with Crippen LogP contribution in [-0.4, -0.2) is 30.0 Å². The summed E-state index contributed by atoms with van der Waals surface area (Å²) in [5.41, 5.74) is -1.79. The lowest BCUT2D eigenvalue weighted by molar-refractivity contribution is -0.142. The average Bonchev–Trinajstić information content (AvgIpc) is 2.78. The quantitative estimate of drug-likeness (QED) is 0.837. The third-order valence-electron chi connectivity index (χ3n) is 2.50. The fourth-order valence-corrected chi connectivity index (χ4v) is 1.56. The molecule has 0 amide bonds. The fraction of sp³-hybridized carbons (Fsp3) is 0.500. The van der Waals surface area contributed by atoms with Crippen LogP contribution < -0.4 is 5.56 Å². The van der Waals surface area contributed by atoms with Crippen molar-refractivity contribution in [2.45, 2.75) is 32.6 Å². The van der Waals surface area contributed by atoms with Gasteiger partial charge >= 0.3 is 6.18 Å². The second kappa shape index (κ2) is 5.02. The van der Waals surface area contributed by atoms with Crippen molar-refractivity contribution < 1.29 is 13.2 Å². The van der Waals surface area contributed by atoms with Crippen LogP contribution in [0.3, 0.4) is 0 Å². The molecular formula is C10H11F3N6O. The molecule has 108 valence electrons. The molecule has 0 aliphatic carbocycles. The topological polar surface area (TPSA) is 78.5 Å². The highest BCUT2D eigenvalue weighted by Gasteiger charge is 2.33. The van der Waals surface area contributed by atoms with Crippen LogP contribution >= 0.6 is 0 Å². The van der Waals surface area contributed by atoms with E-state index in [1.54, 1.807) is 0 Å². The minimum Gasteiger partial charge on any atom is -0.268 e. The maximum Gasteiger partial charge on any atom is 0.435 e. The first-order valence-corrected chi connectivity index (χ1v) is 5.71. The van der Waals surface area contributed by atoms with Crippen molar-refractivity contribution >= 4 is 0 Å². The van der Waals surface area contributed by atoms with Crippen LogP contribution in [0.5, 0.6) is 0 Å². The maximum atomic E-state index is 12.6. The molecule has 10 heteroatoms. The predicted molar refractivity (Wildman–Crippen MR) is 60.8 cm³/mol. The van der Waals surface area contributed by atoms with Gasteiger partial charge in [0.25, 0.3) is 5.56 Å². The molecular weight excluding hydrogens is 277 g/mol. The molecule has 0 fully saturated rings. The van der Waals surface area contributed by atoms with Gasteiger partial charge < -0.3 is 0 Å². The Morgan fingerprint density at radius 2 is 2.00 bits per heavy atom. The van der Waals surface area contributed by atoms with Crippen molar-refractivity contribution in [1.82, 2.24) is 30.0 Å². The molecule has 0 saturated heterocycles. The number of hydrogen-bond donors (Lipinski definition) is 0. The number of halogens is 3. The summed E-state index contributed by atoms with van der Waals surface area (Å²) in [6.07, 6.45) is -4.61. The largest absolute Gasteiger partial charge is 0.435 e. The Morgan fingerprint density at radius 1 is 1.30 bits per heavy atom. The van der Waals surface area contributed by atoms with Gasteiger partial charge in [0.2, 0.25) is 0 Å².